The van der Waals surface area contributed by atoms with Crippen molar-refractivity contribution in [2.75, 3.05) is 31.2 Å². The van der Waals surface area contributed by atoms with Gasteiger partial charge in [-0.05, 0) is 77.6 Å². The van der Waals surface area contributed by atoms with Crippen molar-refractivity contribution in [2.45, 2.75) is 50.5 Å². The fraction of sp³-hybridized carbons (Fsp3) is 0.375. The summed E-state index contributed by atoms with van der Waals surface area (Å²) < 4.78 is 26.7. The quantitative estimate of drug-likeness (QED) is 0.179. The molecule has 10 nitrogen and oxygen atoms in total. The van der Waals surface area contributed by atoms with E-state index in [9.17, 15) is 28.2 Å². The molecule has 3 aromatic carbocycles. The number of hydrogen-bond donors (Lipinski definition) is 5. The lowest BCUT2D eigenvalue weighted by molar-refractivity contribution is 0.0971. The third-order valence-corrected chi connectivity index (χ3v) is 9.18. The van der Waals surface area contributed by atoms with Crippen molar-refractivity contribution in [3.8, 4) is 11.1 Å². The number of amides is 2. The second-order valence-electron chi connectivity index (χ2n) is 11.0. The van der Waals surface area contributed by atoms with Gasteiger partial charge in [-0.1, -0.05) is 61.4 Å². The van der Waals surface area contributed by atoms with E-state index in [1.54, 1.807) is 36.4 Å². The molecule has 1 saturated carbocycles. The van der Waals surface area contributed by atoms with Crippen molar-refractivity contribution >= 4 is 27.7 Å². The molecule has 0 aliphatic heterocycles. The number of benzene rings is 3. The molecule has 6 N–H and O–H groups in total. The largest absolute Gasteiger partial charge is 0.465 e. The van der Waals surface area contributed by atoms with Crippen LogP contribution in [0.4, 0.5) is 10.5 Å². The lowest BCUT2D eigenvalue weighted by atomic mass is 9.89. The number of carbonyl (C=O) groups is 2. The Morgan fingerprint density at radius 3 is 2.26 bits per heavy atom. The van der Waals surface area contributed by atoms with E-state index >= 15 is 0 Å². The van der Waals surface area contributed by atoms with Gasteiger partial charge in [0.05, 0.1) is 18.4 Å². The van der Waals surface area contributed by atoms with Crippen LogP contribution in [0.25, 0.3) is 11.1 Å². The predicted molar refractivity (Wildman–Crippen MR) is 165 cm³/mol. The summed E-state index contributed by atoms with van der Waals surface area (Å²) in [5.74, 6) is -0.830. The molecule has 43 heavy (non-hydrogen) atoms. The Morgan fingerprint density at radius 1 is 0.977 bits per heavy atom. The molecular weight excluding hydrogens is 570 g/mol. The van der Waals surface area contributed by atoms with Gasteiger partial charge in [0.1, 0.15) is 0 Å². The van der Waals surface area contributed by atoms with Crippen molar-refractivity contribution in [3.63, 3.8) is 0 Å². The van der Waals surface area contributed by atoms with Gasteiger partial charge < -0.3 is 26.0 Å². The maximum absolute atomic E-state index is 13.0. The van der Waals surface area contributed by atoms with Gasteiger partial charge in [0.25, 0.3) is 5.91 Å². The molecule has 1 aliphatic carbocycles. The zero-order chi connectivity index (χ0) is 31.0. The van der Waals surface area contributed by atoms with Crippen LogP contribution in [0.1, 0.15) is 71.2 Å². The number of rotatable bonds is 13. The number of aliphatic hydroxyl groups is 2. The number of sulfonamides is 1. The van der Waals surface area contributed by atoms with Crippen molar-refractivity contribution in [2.24, 2.45) is 0 Å². The number of anilines is 1. The Kier molecular flexibility index (Phi) is 10.8. The fourth-order valence-electron chi connectivity index (χ4n) is 5.45. The van der Waals surface area contributed by atoms with Gasteiger partial charge >= 0.3 is 6.09 Å². The van der Waals surface area contributed by atoms with E-state index in [0.717, 1.165) is 47.9 Å². The summed E-state index contributed by atoms with van der Waals surface area (Å²) in [6.45, 7) is -0.136. The highest BCUT2D eigenvalue weighted by atomic mass is 32.2. The average molecular weight is 610 g/mol. The van der Waals surface area contributed by atoms with Gasteiger partial charge in [-0.2, -0.15) is 0 Å². The van der Waals surface area contributed by atoms with Crippen molar-refractivity contribution in [3.05, 3.63) is 89.0 Å². The van der Waals surface area contributed by atoms with Gasteiger partial charge in [0, 0.05) is 24.4 Å². The molecular formula is C32H39N3O7S. The van der Waals surface area contributed by atoms with Crippen LogP contribution >= 0.6 is 0 Å². The molecule has 0 saturated heterocycles. The van der Waals surface area contributed by atoms with Gasteiger partial charge in [0.15, 0.2) is 0 Å². The van der Waals surface area contributed by atoms with Crippen LogP contribution in [0.15, 0.2) is 66.7 Å². The third-order valence-electron chi connectivity index (χ3n) is 7.85. The van der Waals surface area contributed by atoms with E-state index in [1.165, 1.54) is 4.90 Å². The van der Waals surface area contributed by atoms with Crippen molar-refractivity contribution < 1.29 is 33.3 Å². The van der Waals surface area contributed by atoms with E-state index in [-0.39, 0.29) is 37.8 Å². The lowest BCUT2D eigenvalue weighted by Crippen LogP contribution is -2.35. The Bertz CT molecular complexity index is 1500. The van der Waals surface area contributed by atoms with Gasteiger partial charge in [0.2, 0.25) is 10.0 Å². The van der Waals surface area contributed by atoms with Crippen molar-refractivity contribution in [1.82, 2.24) is 9.62 Å². The summed E-state index contributed by atoms with van der Waals surface area (Å²) >= 11 is 0. The monoisotopic (exact) mass is 609 g/mol. The summed E-state index contributed by atoms with van der Waals surface area (Å²) in [5.41, 5.74) is 10.8. The second kappa shape index (κ2) is 14.5. The standard InChI is InChI=1S/C32H39N3O7S/c33-27-13-10-25(11-14-27)30(37)21-35(32(39)40)17-16-22-6-8-23(9-7-22)26-12-15-28(29(20-26)24-4-1-2-5-24)31(38)34-43(41,42)19-3-18-36/h6-15,20,24,30,36-37H,1-5,16-19,21,33H2,(H,34,38)(H,39,40)/t30-/m0/s1. The molecule has 0 unspecified atom stereocenters. The van der Waals surface area contributed by atoms with Crippen molar-refractivity contribution in [1.29, 1.82) is 0 Å². The van der Waals surface area contributed by atoms with Crippen LogP contribution in [-0.4, -0.2) is 66.1 Å². The van der Waals surface area contributed by atoms with Crippen LogP contribution < -0.4 is 10.5 Å². The molecule has 0 heterocycles. The first kappa shape index (κ1) is 32.0. The first-order chi connectivity index (χ1) is 20.6. The molecule has 230 valence electrons. The molecule has 4 rings (SSSR count). The van der Waals surface area contributed by atoms with Crippen LogP contribution in [0.2, 0.25) is 0 Å². The minimum Gasteiger partial charge on any atom is -0.465 e. The van der Waals surface area contributed by atoms with Crippen LogP contribution in [-0.2, 0) is 16.4 Å². The average Bonchev–Trinajstić information content (AvgIpc) is 3.53. The predicted octanol–water partition coefficient (Wildman–Crippen LogP) is 4.29. The van der Waals surface area contributed by atoms with E-state index in [2.05, 4.69) is 4.72 Å². The van der Waals surface area contributed by atoms with Crippen LogP contribution in [0.5, 0.6) is 0 Å². The topological polar surface area (TPSA) is 170 Å². The Labute approximate surface area is 252 Å². The van der Waals surface area contributed by atoms with Gasteiger partial charge in [-0.15, -0.1) is 0 Å². The lowest BCUT2D eigenvalue weighted by Gasteiger charge is -2.23. The summed E-state index contributed by atoms with van der Waals surface area (Å²) in [6, 6.07) is 19.8. The summed E-state index contributed by atoms with van der Waals surface area (Å²) in [5, 5.41) is 29.2. The molecule has 3 aromatic rings. The first-order valence-corrected chi connectivity index (χ1v) is 16.1. The molecule has 1 aliphatic rings. The SMILES string of the molecule is Nc1ccc([C@@H](O)CN(CCc2ccc(-c3ccc(C(=O)NS(=O)(=O)CCCO)c(C4CCCC4)c3)cc2)C(=O)O)cc1. The number of hydrogen-bond acceptors (Lipinski definition) is 7. The number of nitrogens with one attached hydrogen (secondary N) is 1. The van der Waals surface area contributed by atoms with Gasteiger partial charge in [-0.25, -0.2) is 17.9 Å². The zero-order valence-electron chi connectivity index (χ0n) is 24.0. The molecule has 0 aromatic heterocycles. The minimum absolute atomic E-state index is 0.0486. The van der Waals surface area contributed by atoms with Crippen LogP contribution in [0, 0.1) is 0 Å². The molecule has 0 bridgehead atoms. The number of carbonyl (C=O) groups excluding carboxylic acids is 1. The van der Waals surface area contributed by atoms with E-state index in [1.807, 2.05) is 30.3 Å². The Morgan fingerprint density at radius 2 is 1.63 bits per heavy atom. The highest BCUT2D eigenvalue weighted by Crippen LogP contribution is 2.38. The normalized spacial score (nSPS) is 14.4. The zero-order valence-corrected chi connectivity index (χ0v) is 24.8. The maximum Gasteiger partial charge on any atom is 0.407 e. The smallest absolute Gasteiger partial charge is 0.407 e. The number of aliphatic hydroxyl groups excluding tert-OH is 2. The Hall–Kier alpha value is -3.93. The number of nitrogen functional groups attached to an aromatic ring is 1. The van der Waals surface area contributed by atoms with Crippen LogP contribution in [0.3, 0.4) is 0 Å². The molecule has 0 spiro atoms. The fourth-order valence-corrected chi connectivity index (χ4v) is 6.45. The highest BCUT2D eigenvalue weighted by Gasteiger charge is 2.25. The van der Waals surface area contributed by atoms with Gasteiger partial charge in [-0.3, -0.25) is 4.79 Å². The number of carboxylic acid groups (broad SMARTS) is 1. The summed E-state index contributed by atoms with van der Waals surface area (Å²) in [6.07, 6.45) is 2.36. The molecule has 1 atom stereocenters. The molecule has 11 heteroatoms. The minimum atomic E-state index is -3.86. The number of nitrogens with two attached hydrogens (primary N) is 1. The van der Waals surface area contributed by atoms with E-state index < -0.39 is 28.1 Å². The van der Waals surface area contributed by atoms with E-state index in [4.69, 9.17) is 10.8 Å². The molecule has 1 fully saturated rings. The summed E-state index contributed by atoms with van der Waals surface area (Å²) in [7, 11) is -3.86. The maximum atomic E-state index is 13.0. The number of nitrogens with zero attached hydrogens (tertiary/aromatic N) is 1. The third kappa shape index (κ3) is 8.79. The molecule has 0 radical (unpaired) electrons. The second-order valence-corrected chi connectivity index (χ2v) is 12.8. The first-order valence-electron chi connectivity index (χ1n) is 14.5. The van der Waals surface area contributed by atoms with E-state index in [0.29, 0.717) is 23.2 Å². The molecule has 2 amide bonds. The summed E-state index contributed by atoms with van der Waals surface area (Å²) in [4.78, 5) is 26.0. The highest BCUT2D eigenvalue weighted by molar-refractivity contribution is 7.90. The Balaban J connectivity index is 1.46.